The molecule has 0 unspecified atom stereocenters. The molecule has 0 saturated carbocycles. The van der Waals surface area contributed by atoms with Gasteiger partial charge in [0.05, 0.1) is 41.9 Å². The van der Waals surface area contributed by atoms with Crippen molar-refractivity contribution in [1.82, 2.24) is 19.3 Å². The van der Waals surface area contributed by atoms with Gasteiger partial charge in [0.1, 0.15) is 18.0 Å². The summed E-state index contributed by atoms with van der Waals surface area (Å²) < 4.78 is 12.8. The zero-order chi connectivity index (χ0) is 24.9. The Morgan fingerprint density at radius 3 is 2.81 bits per heavy atom. The van der Waals surface area contributed by atoms with Crippen molar-refractivity contribution in [2.75, 3.05) is 58.5 Å². The molecule has 0 radical (unpaired) electrons. The first-order valence-corrected chi connectivity index (χ1v) is 12.4. The molecule has 9 heteroatoms. The normalized spacial score (nSPS) is 14.7. The van der Waals surface area contributed by atoms with E-state index in [1.54, 1.807) is 7.11 Å². The lowest BCUT2D eigenvalue weighted by molar-refractivity contribution is 0.146. The Bertz CT molecular complexity index is 1330. The molecule has 0 atom stereocenters. The zero-order valence-electron chi connectivity index (χ0n) is 20.8. The fourth-order valence-corrected chi connectivity index (χ4v) is 4.94. The fraction of sp³-hybridized carbons (Fsp3) is 0.407. The molecule has 5 rings (SSSR count). The molecule has 3 aromatic heterocycles. The van der Waals surface area contributed by atoms with Crippen molar-refractivity contribution in [3.63, 3.8) is 0 Å². The van der Waals surface area contributed by atoms with Crippen LogP contribution in [0.1, 0.15) is 12.8 Å². The number of aromatic nitrogens is 3. The van der Waals surface area contributed by atoms with Crippen molar-refractivity contribution in [1.29, 1.82) is 0 Å². The number of anilines is 1. The molecule has 9 nitrogen and oxygen atoms in total. The monoisotopic (exact) mass is 488 g/mol. The van der Waals surface area contributed by atoms with Gasteiger partial charge in [-0.1, -0.05) is 23.4 Å². The molecule has 0 N–H and O–H groups in total. The third kappa shape index (κ3) is 5.03. The molecule has 4 heterocycles. The van der Waals surface area contributed by atoms with Crippen LogP contribution in [0.25, 0.3) is 27.9 Å². The summed E-state index contributed by atoms with van der Waals surface area (Å²) in [6.45, 7) is 4.01. The van der Waals surface area contributed by atoms with E-state index in [4.69, 9.17) is 14.5 Å². The van der Waals surface area contributed by atoms with Gasteiger partial charge in [0.15, 0.2) is 0 Å². The van der Waals surface area contributed by atoms with Gasteiger partial charge in [-0.15, -0.1) is 0 Å². The second kappa shape index (κ2) is 11.0. The number of likely N-dealkylation sites (N-methyl/N-ethyl adjacent to an activating group) is 1. The molecule has 0 spiro atoms. The predicted molar refractivity (Wildman–Crippen MR) is 142 cm³/mol. The molecule has 0 aliphatic carbocycles. The van der Waals surface area contributed by atoms with Gasteiger partial charge in [-0.05, 0) is 38.1 Å². The lowest BCUT2D eigenvalue weighted by atomic mass is 10.0. The standard InChI is InChI=1S/C27H32N6O3/c1-31(15-11-29-34)21-8-12-32(13-9-21)24-5-3-4-20-6-7-23(30-27(20)24)25-19-28-26-18-22(10-14-33(25)26)36-17-16-35-2/h3-7,10,14,18-19,21H,8-9,11-13,15-17H2,1-2H3. The Labute approximate surface area is 210 Å². The Hall–Kier alpha value is -3.56. The van der Waals surface area contributed by atoms with Crippen molar-refractivity contribution in [3.05, 3.63) is 59.8 Å². The van der Waals surface area contributed by atoms with E-state index in [9.17, 15) is 4.91 Å². The summed E-state index contributed by atoms with van der Waals surface area (Å²) in [5, 5.41) is 4.13. The smallest absolute Gasteiger partial charge is 0.140 e. The highest BCUT2D eigenvalue weighted by Crippen LogP contribution is 2.31. The molecule has 1 saturated heterocycles. The van der Waals surface area contributed by atoms with Crippen LogP contribution < -0.4 is 9.64 Å². The molecule has 0 amide bonds. The Balaban J connectivity index is 1.39. The number of para-hydroxylation sites is 1. The number of ether oxygens (including phenoxy) is 2. The quantitative estimate of drug-likeness (QED) is 0.244. The van der Waals surface area contributed by atoms with E-state index in [0.29, 0.717) is 32.3 Å². The van der Waals surface area contributed by atoms with E-state index in [-0.39, 0.29) is 0 Å². The number of hydrogen-bond acceptors (Lipinski definition) is 8. The third-order valence-corrected chi connectivity index (χ3v) is 6.97. The summed E-state index contributed by atoms with van der Waals surface area (Å²) in [7, 11) is 3.74. The van der Waals surface area contributed by atoms with E-state index < -0.39 is 0 Å². The number of rotatable bonds is 10. The van der Waals surface area contributed by atoms with Gasteiger partial charge in [-0.25, -0.2) is 9.97 Å². The topological polar surface area (TPSA) is 84.6 Å². The summed E-state index contributed by atoms with van der Waals surface area (Å²) in [6.07, 6.45) is 5.93. The van der Waals surface area contributed by atoms with Crippen LogP contribution in [0.5, 0.6) is 5.75 Å². The number of nitrogens with zero attached hydrogens (tertiary/aromatic N) is 6. The second-order valence-electron chi connectivity index (χ2n) is 9.17. The lowest BCUT2D eigenvalue weighted by Gasteiger charge is -2.37. The maximum absolute atomic E-state index is 10.5. The third-order valence-electron chi connectivity index (χ3n) is 6.97. The van der Waals surface area contributed by atoms with E-state index in [1.807, 2.05) is 28.9 Å². The molecule has 1 aliphatic heterocycles. The van der Waals surface area contributed by atoms with Gasteiger partial charge in [-0.2, -0.15) is 4.91 Å². The van der Waals surface area contributed by atoms with Crippen molar-refractivity contribution >= 4 is 22.2 Å². The largest absolute Gasteiger partial charge is 0.491 e. The maximum atomic E-state index is 10.5. The number of piperidine rings is 1. The molecule has 1 fully saturated rings. The molecular formula is C27H32N6O3. The maximum Gasteiger partial charge on any atom is 0.140 e. The number of fused-ring (bicyclic) bond motifs is 2. The predicted octanol–water partition coefficient (Wildman–Crippen LogP) is 4.24. The van der Waals surface area contributed by atoms with E-state index >= 15 is 0 Å². The minimum Gasteiger partial charge on any atom is -0.491 e. The highest BCUT2D eigenvalue weighted by Gasteiger charge is 2.24. The van der Waals surface area contributed by atoms with Crippen LogP contribution in [0.2, 0.25) is 0 Å². The summed E-state index contributed by atoms with van der Waals surface area (Å²) in [5.74, 6) is 0.766. The first-order valence-electron chi connectivity index (χ1n) is 12.4. The summed E-state index contributed by atoms with van der Waals surface area (Å²) in [6, 6.07) is 14.9. The van der Waals surface area contributed by atoms with E-state index in [1.165, 1.54) is 0 Å². The van der Waals surface area contributed by atoms with Crippen LogP contribution in [0.4, 0.5) is 5.69 Å². The Morgan fingerprint density at radius 2 is 2.00 bits per heavy atom. The minimum atomic E-state index is 0.345. The number of nitroso groups, excluding NO2 is 1. The van der Waals surface area contributed by atoms with Crippen LogP contribution >= 0.6 is 0 Å². The Morgan fingerprint density at radius 1 is 1.14 bits per heavy atom. The van der Waals surface area contributed by atoms with Crippen LogP contribution in [0.15, 0.2) is 60.0 Å². The van der Waals surface area contributed by atoms with Gasteiger partial charge in [0, 0.05) is 50.4 Å². The van der Waals surface area contributed by atoms with E-state index in [0.717, 1.165) is 65.3 Å². The Kier molecular flexibility index (Phi) is 7.39. The van der Waals surface area contributed by atoms with Crippen molar-refractivity contribution < 1.29 is 9.47 Å². The molecule has 1 aliphatic rings. The molecule has 188 valence electrons. The summed E-state index contributed by atoms with van der Waals surface area (Å²) in [4.78, 5) is 24.9. The van der Waals surface area contributed by atoms with E-state index in [2.05, 4.69) is 57.3 Å². The van der Waals surface area contributed by atoms with Crippen molar-refractivity contribution in [2.45, 2.75) is 18.9 Å². The molecular weight excluding hydrogens is 456 g/mol. The molecule has 4 aromatic rings. The number of hydrogen-bond donors (Lipinski definition) is 0. The number of benzene rings is 1. The van der Waals surface area contributed by atoms with Crippen LogP contribution in [-0.4, -0.2) is 78.9 Å². The van der Waals surface area contributed by atoms with Crippen LogP contribution in [-0.2, 0) is 4.74 Å². The number of pyridine rings is 2. The number of imidazole rings is 1. The SMILES string of the molecule is COCCOc1ccn2c(-c3ccc4cccc(N5CCC(N(C)CCN=O)CC5)c4n3)cnc2c1. The lowest BCUT2D eigenvalue weighted by Crippen LogP contribution is -2.44. The molecule has 36 heavy (non-hydrogen) atoms. The molecule has 0 bridgehead atoms. The average Bonchev–Trinajstić information content (AvgIpc) is 3.34. The van der Waals surface area contributed by atoms with Gasteiger partial charge in [0.25, 0.3) is 0 Å². The summed E-state index contributed by atoms with van der Waals surface area (Å²) in [5.41, 5.74) is 4.79. The minimum absolute atomic E-state index is 0.345. The second-order valence-corrected chi connectivity index (χ2v) is 9.17. The van der Waals surface area contributed by atoms with Gasteiger partial charge < -0.3 is 19.3 Å². The molecule has 1 aromatic carbocycles. The van der Waals surface area contributed by atoms with Crippen molar-refractivity contribution in [3.8, 4) is 17.1 Å². The van der Waals surface area contributed by atoms with Crippen molar-refractivity contribution in [2.24, 2.45) is 5.18 Å². The van der Waals surface area contributed by atoms with Crippen LogP contribution in [0, 0.1) is 4.91 Å². The zero-order valence-corrected chi connectivity index (χ0v) is 20.8. The first-order chi connectivity index (χ1) is 17.7. The average molecular weight is 489 g/mol. The van der Waals surface area contributed by atoms with Gasteiger partial charge in [-0.3, -0.25) is 4.40 Å². The summed E-state index contributed by atoms with van der Waals surface area (Å²) >= 11 is 0. The van der Waals surface area contributed by atoms with Gasteiger partial charge in [0.2, 0.25) is 0 Å². The first kappa shape index (κ1) is 24.1. The van der Waals surface area contributed by atoms with Gasteiger partial charge >= 0.3 is 0 Å². The van der Waals surface area contributed by atoms with Crippen LogP contribution in [0.3, 0.4) is 0 Å². The highest BCUT2D eigenvalue weighted by atomic mass is 16.5. The highest BCUT2D eigenvalue weighted by molar-refractivity contribution is 5.92. The number of methoxy groups -OCH3 is 1. The fourth-order valence-electron chi connectivity index (χ4n) is 4.94.